The monoisotopic (exact) mass is 388 g/mol. The summed E-state index contributed by atoms with van der Waals surface area (Å²) in [6, 6.07) is 13.0. The van der Waals surface area contributed by atoms with Crippen LogP contribution in [0.5, 0.6) is 11.5 Å². The van der Waals surface area contributed by atoms with Gasteiger partial charge in [0.2, 0.25) is 0 Å². The molecule has 1 aliphatic heterocycles. The Balaban J connectivity index is 0.00000131. The van der Waals surface area contributed by atoms with E-state index in [0.717, 1.165) is 11.1 Å². The third-order valence-electron chi connectivity index (χ3n) is 4.21. The number of nitrogens with one attached hydrogen (secondary N) is 1. The standard InChI is InChI=1S/C19H15N3O3.ClH.H2O/c1-11-19(25)22-10-16(12-2-6-14(23)7-3-12)21-17(18(22)20-11)13-4-8-15(24)9-5-13;;/h2-11H,1H3,(H2,21,23,24);1H;1H2/p+1. The zero-order valence-corrected chi connectivity index (χ0v) is 15.2. The average Bonchev–Trinajstić information content (AvgIpc) is 2.90. The van der Waals surface area contributed by atoms with Crippen molar-refractivity contribution in [1.29, 1.82) is 0 Å². The van der Waals surface area contributed by atoms with E-state index in [1.165, 1.54) is 0 Å². The Kier molecular flexibility index (Phi) is 5.68. The molecule has 0 spiro atoms. The summed E-state index contributed by atoms with van der Waals surface area (Å²) in [5.74, 6) is 0.908. The number of phenols is 2. The fourth-order valence-corrected chi connectivity index (χ4v) is 2.88. The Morgan fingerprint density at radius 3 is 2.04 bits per heavy atom. The molecule has 1 aromatic heterocycles. The predicted octanol–water partition coefficient (Wildman–Crippen LogP) is 2.17. The van der Waals surface area contributed by atoms with E-state index >= 15 is 0 Å². The Hall–Kier alpha value is -3.16. The van der Waals surface area contributed by atoms with E-state index in [1.54, 1.807) is 66.2 Å². The van der Waals surface area contributed by atoms with Crippen LogP contribution in [0.4, 0.5) is 5.82 Å². The summed E-state index contributed by atoms with van der Waals surface area (Å²) in [6.45, 7) is 1.80. The lowest BCUT2D eigenvalue weighted by atomic mass is 10.1. The van der Waals surface area contributed by atoms with Crippen molar-refractivity contribution < 1.29 is 25.1 Å². The number of carbonyl (C=O) groups excluding carboxylic acids is 1. The third kappa shape index (κ3) is 3.55. The maximum absolute atomic E-state index is 12.5. The average molecular weight is 389 g/mol. The molecule has 0 saturated heterocycles. The topological polar surface area (TPSA) is 118 Å². The molecule has 1 unspecified atom stereocenters. The molecule has 2 heterocycles. The molecule has 0 saturated carbocycles. The Labute approximate surface area is 161 Å². The van der Waals surface area contributed by atoms with Gasteiger partial charge in [-0.1, -0.05) is 0 Å². The number of aromatic nitrogens is 2. The van der Waals surface area contributed by atoms with Gasteiger partial charge in [-0.25, -0.2) is 9.78 Å². The van der Waals surface area contributed by atoms with Gasteiger partial charge in [0, 0.05) is 11.1 Å². The van der Waals surface area contributed by atoms with E-state index in [0.29, 0.717) is 17.2 Å². The molecular weight excluding hydrogens is 370 g/mol. The summed E-state index contributed by atoms with van der Waals surface area (Å²) in [6.07, 6.45) is 1.70. The highest BCUT2D eigenvalue weighted by Crippen LogP contribution is 2.30. The van der Waals surface area contributed by atoms with Gasteiger partial charge >= 0.3 is 11.7 Å². The summed E-state index contributed by atoms with van der Waals surface area (Å²) in [4.78, 5) is 17.2. The van der Waals surface area contributed by atoms with Gasteiger partial charge in [-0.3, -0.25) is 5.32 Å². The van der Waals surface area contributed by atoms with Crippen molar-refractivity contribution in [2.75, 3.05) is 5.32 Å². The van der Waals surface area contributed by atoms with Crippen LogP contribution in [-0.4, -0.2) is 32.6 Å². The van der Waals surface area contributed by atoms with Gasteiger partial charge in [0.1, 0.15) is 23.4 Å². The van der Waals surface area contributed by atoms with E-state index in [1.807, 2.05) is 0 Å². The number of hydrogen-bond acceptors (Lipinski definition) is 5. The van der Waals surface area contributed by atoms with Crippen LogP contribution in [0.25, 0.3) is 22.5 Å². The van der Waals surface area contributed by atoms with Crippen LogP contribution >= 0.6 is 12.4 Å². The van der Waals surface area contributed by atoms with Gasteiger partial charge in [-0.2, -0.15) is 4.57 Å². The van der Waals surface area contributed by atoms with E-state index in [-0.39, 0.29) is 41.3 Å². The van der Waals surface area contributed by atoms with E-state index < -0.39 is 0 Å². The predicted molar refractivity (Wildman–Crippen MR) is 103 cm³/mol. The Morgan fingerprint density at radius 1 is 0.963 bits per heavy atom. The van der Waals surface area contributed by atoms with Gasteiger partial charge in [0.25, 0.3) is 0 Å². The largest absolute Gasteiger partial charge is 0.508 e. The molecule has 1 atom stereocenters. The number of hydrogen-bond donors (Lipinski definition) is 3. The third-order valence-corrected chi connectivity index (χ3v) is 4.21. The number of anilines is 1. The van der Waals surface area contributed by atoms with Crippen LogP contribution in [0, 0.1) is 0 Å². The lowest BCUT2D eigenvalue weighted by Crippen LogP contribution is -2.42. The number of nitrogens with zero attached hydrogens (tertiary/aromatic N) is 2. The second-order valence-corrected chi connectivity index (χ2v) is 5.99. The number of phenolic OH excluding ortho intramolecular Hbond substituents is 2. The Morgan fingerprint density at radius 2 is 1.48 bits per heavy atom. The normalized spacial score (nSPS) is 14.6. The molecule has 140 valence electrons. The molecule has 0 aliphatic carbocycles. The first-order chi connectivity index (χ1) is 12.0. The maximum atomic E-state index is 12.5. The van der Waals surface area contributed by atoms with Crippen LogP contribution in [-0.2, 0) is 0 Å². The summed E-state index contributed by atoms with van der Waals surface area (Å²) in [5, 5.41) is 22.2. The second kappa shape index (κ2) is 7.61. The first-order valence-electron chi connectivity index (χ1n) is 7.89. The minimum Gasteiger partial charge on any atom is -0.508 e. The molecule has 2 aromatic carbocycles. The first kappa shape index (κ1) is 20.2. The molecular formula is C19H19ClN3O4+. The highest BCUT2D eigenvalue weighted by molar-refractivity contribution is 5.86. The van der Waals surface area contributed by atoms with E-state index in [9.17, 15) is 15.0 Å². The Bertz CT molecular complexity index is 975. The van der Waals surface area contributed by atoms with Crippen molar-refractivity contribution in [2.45, 2.75) is 13.0 Å². The number of aromatic hydroxyl groups is 2. The molecule has 0 fully saturated rings. The van der Waals surface area contributed by atoms with Gasteiger partial charge in [0.05, 0.1) is 0 Å². The number of benzene rings is 2. The molecule has 3 aromatic rings. The fraction of sp³-hybridized carbons (Fsp3) is 0.105. The minimum absolute atomic E-state index is 0. The number of carbonyl (C=O) groups is 1. The zero-order chi connectivity index (χ0) is 17.6. The molecule has 27 heavy (non-hydrogen) atoms. The van der Waals surface area contributed by atoms with Crippen molar-refractivity contribution in [3.63, 3.8) is 0 Å². The summed E-state index contributed by atoms with van der Waals surface area (Å²) < 4.78 is 1.57. The van der Waals surface area contributed by atoms with Crippen LogP contribution in [0.1, 0.15) is 11.7 Å². The molecule has 7 nitrogen and oxygen atoms in total. The highest BCUT2D eigenvalue weighted by atomic mass is 35.5. The van der Waals surface area contributed by atoms with Crippen molar-refractivity contribution in [1.82, 2.24) is 4.98 Å². The smallest absolute Gasteiger partial charge is 0.358 e. The van der Waals surface area contributed by atoms with Gasteiger partial charge in [-0.15, -0.1) is 12.4 Å². The molecule has 1 aliphatic rings. The fourth-order valence-electron chi connectivity index (χ4n) is 2.88. The van der Waals surface area contributed by atoms with Crippen LogP contribution in [0.2, 0.25) is 0 Å². The van der Waals surface area contributed by atoms with Crippen LogP contribution in [0.3, 0.4) is 0 Å². The van der Waals surface area contributed by atoms with Crippen molar-refractivity contribution in [3.05, 3.63) is 54.7 Å². The van der Waals surface area contributed by atoms with Crippen LogP contribution in [0.15, 0.2) is 54.7 Å². The number of rotatable bonds is 2. The first-order valence-corrected chi connectivity index (χ1v) is 7.89. The van der Waals surface area contributed by atoms with E-state index in [2.05, 4.69) is 5.32 Å². The van der Waals surface area contributed by atoms with Crippen molar-refractivity contribution >= 4 is 24.1 Å². The summed E-state index contributed by atoms with van der Waals surface area (Å²) >= 11 is 0. The molecule has 0 bridgehead atoms. The van der Waals surface area contributed by atoms with Crippen molar-refractivity contribution in [3.8, 4) is 34.0 Å². The molecule has 8 heteroatoms. The quantitative estimate of drug-likeness (QED) is 0.581. The highest BCUT2D eigenvalue weighted by Gasteiger charge is 2.38. The number of halogens is 1. The van der Waals surface area contributed by atoms with Gasteiger partial charge < -0.3 is 15.7 Å². The maximum Gasteiger partial charge on any atom is 0.358 e. The van der Waals surface area contributed by atoms with Gasteiger partial charge in [-0.05, 0) is 55.5 Å². The van der Waals surface area contributed by atoms with Crippen LogP contribution < -0.4 is 9.88 Å². The summed E-state index contributed by atoms with van der Waals surface area (Å²) in [5.41, 5.74) is 2.83. The molecule has 0 amide bonds. The lowest BCUT2D eigenvalue weighted by Gasteiger charge is -2.07. The minimum atomic E-state index is -0.340. The second-order valence-electron chi connectivity index (χ2n) is 5.99. The SMILES string of the molecule is CC1Nc2c(-c3ccc(O)cc3)nc(-c3ccc(O)cc3)c[n+]2C1=O.Cl.O. The summed E-state index contributed by atoms with van der Waals surface area (Å²) in [7, 11) is 0. The lowest BCUT2D eigenvalue weighted by molar-refractivity contribution is -0.551. The van der Waals surface area contributed by atoms with Gasteiger partial charge in [0.15, 0.2) is 11.7 Å². The molecule has 4 rings (SSSR count). The van der Waals surface area contributed by atoms with Crippen molar-refractivity contribution in [2.24, 2.45) is 0 Å². The number of fused-ring (bicyclic) bond motifs is 1. The molecule has 5 N–H and O–H groups in total. The molecule has 0 radical (unpaired) electrons. The van der Waals surface area contributed by atoms with E-state index in [4.69, 9.17) is 4.98 Å². The zero-order valence-electron chi connectivity index (χ0n) is 14.4.